The van der Waals surface area contributed by atoms with Gasteiger partial charge in [0.2, 0.25) is 0 Å². The van der Waals surface area contributed by atoms with Crippen LogP contribution in [0.5, 0.6) is 0 Å². The highest BCUT2D eigenvalue weighted by Crippen LogP contribution is 2.31. The van der Waals surface area contributed by atoms with Crippen LogP contribution < -0.4 is 5.32 Å². The van der Waals surface area contributed by atoms with Gasteiger partial charge in [-0.1, -0.05) is 31.7 Å². The second-order valence-electron chi connectivity index (χ2n) is 7.64. The van der Waals surface area contributed by atoms with E-state index in [1.807, 2.05) is 6.07 Å². The monoisotopic (exact) mass is 315 g/mol. The third kappa shape index (κ3) is 3.82. The fourth-order valence-electron chi connectivity index (χ4n) is 3.84. The lowest BCUT2D eigenvalue weighted by Crippen LogP contribution is -2.44. The first kappa shape index (κ1) is 16.2. The van der Waals surface area contributed by atoms with Crippen molar-refractivity contribution in [3.63, 3.8) is 0 Å². The molecular weight excluding hydrogens is 289 g/mol. The second-order valence-corrected chi connectivity index (χ2v) is 7.64. The number of ketones is 1. The van der Waals surface area contributed by atoms with E-state index in [1.165, 1.54) is 18.9 Å². The number of rotatable bonds is 2. The first-order valence-corrected chi connectivity index (χ1v) is 8.77. The van der Waals surface area contributed by atoms with E-state index < -0.39 is 0 Å². The van der Waals surface area contributed by atoms with Gasteiger partial charge in [-0.3, -0.25) is 4.79 Å². The third-order valence-corrected chi connectivity index (χ3v) is 5.01. The molecule has 1 N–H and O–H groups in total. The number of halogens is 1. The van der Waals surface area contributed by atoms with Gasteiger partial charge in [0.15, 0.2) is 5.78 Å². The Morgan fingerprint density at radius 1 is 1.22 bits per heavy atom. The van der Waals surface area contributed by atoms with Gasteiger partial charge >= 0.3 is 0 Å². The van der Waals surface area contributed by atoms with Crippen LogP contribution in [0.1, 0.15) is 63.5 Å². The summed E-state index contributed by atoms with van der Waals surface area (Å²) in [5.74, 6) is 0.0780. The molecule has 0 amide bonds. The maximum absolute atomic E-state index is 13.7. The molecule has 1 aromatic rings. The Hall–Kier alpha value is -1.64. The summed E-state index contributed by atoms with van der Waals surface area (Å²) in [5.41, 5.74) is 2.60. The number of nitrogens with one attached hydrogen (secondary N) is 1. The van der Waals surface area contributed by atoms with E-state index in [-0.39, 0.29) is 23.1 Å². The van der Waals surface area contributed by atoms with Crippen LogP contribution in [0.25, 0.3) is 5.70 Å². The summed E-state index contributed by atoms with van der Waals surface area (Å²) in [7, 11) is 0. The quantitative estimate of drug-likeness (QED) is 0.637. The molecule has 0 radical (unpaired) electrons. The Morgan fingerprint density at radius 3 is 2.61 bits per heavy atom. The van der Waals surface area contributed by atoms with Crippen LogP contribution in [0.15, 0.2) is 24.3 Å². The zero-order chi connectivity index (χ0) is 16.4. The molecule has 1 saturated carbocycles. The number of carbonyl (C=O) groups excluding carboxylic acids is 1. The Morgan fingerprint density at radius 2 is 1.91 bits per heavy atom. The molecular formula is C20H26FNO. The van der Waals surface area contributed by atoms with Gasteiger partial charge in [-0.05, 0) is 50.8 Å². The van der Waals surface area contributed by atoms with Crippen LogP contribution in [0.2, 0.25) is 0 Å². The standard InChI is InChI=1S/C20H26FNO/c1-20(2)13-15-9-10-16(21)11-17(15)18(22-20)12-19(23)14-7-5-3-4-6-8-14/h9-12,14,22H,3-8,13H2,1-2H3/b18-12-. The van der Waals surface area contributed by atoms with E-state index in [2.05, 4.69) is 19.2 Å². The maximum Gasteiger partial charge on any atom is 0.160 e. The van der Waals surface area contributed by atoms with Gasteiger partial charge in [0.1, 0.15) is 5.82 Å². The molecule has 0 atom stereocenters. The summed E-state index contributed by atoms with van der Waals surface area (Å²) in [6.45, 7) is 4.23. The minimum Gasteiger partial charge on any atom is -0.379 e. The molecule has 1 aliphatic heterocycles. The molecule has 1 fully saturated rings. The van der Waals surface area contributed by atoms with E-state index in [0.29, 0.717) is 0 Å². The van der Waals surface area contributed by atoms with Crippen molar-refractivity contribution in [2.45, 2.75) is 64.3 Å². The van der Waals surface area contributed by atoms with Crippen molar-refractivity contribution >= 4 is 11.5 Å². The van der Waals surface area contributed by atoms with E-state index >= 15 is 0 Å². The summed E-state index contributed by atoms with van der Waals surface area (Å²) in [6.07, 6.45) is 9.30. The minimum atomic E-state index is -0.252. The fraction of sp³-hybridized carbons (Fsp3) is 0.550. The van der Waals surface area contributed by atoms with Crippen molar-refractivity contribution in [2.75, 3.05) is 0 Å². The van der Waals surface area contributed by atoms with Crippen molar-refractivity contribution in [2.24, 2.45) is 5.92 Å². The minimum absolute atomic E-state index is 0.125. The van der Waals surface area contributed by atoms with E-state index in [0.717, 1.165) is 48.9 Å². The van der Waals surface area contributed by atoms with Gasteiger partial charge in [0.25, 0.3) is 0 Å². The lowest BCUT2D eigenvalue weighted by atomic mass is 9.84. The molecule has 0 aromatic heterocycles. The van der Waals surface area contributed by atoms with E-state index in [1.54, 1.807) is 12.1 Å². The number of fused-ring (bicyclic) bond motifs is 1. The number of hydrogen-bond donors (Lipinski definition) is 1. The molecule has 1 heterocycles. The number of benzene rings is 1. The Labute approximate surface area is 138 Å². The third-order valence-electron chi connectivity index (χ3n) is 5.01. The van der Waals surface area contributed by atoms with Crippen LogP contribution in [-0.2, 0) is 11.2 Å². The molecule has 0 spiro atoms. The van der Waals surface area contributed by atoms with E-state index in [9.17, 15) is 9.18 Å². The highest BCUT2D eigenvalue weighted by Gasteiger charge is 2.29. The first-order chi connectivity index (χ1) is 10.9. The molecule has 1 aromatic carbocycles. The van der Waals surface area contributed by atoms with Gasteiger partial charge in [0, 0.05) is 28.8 Å². The normalized spacial score (nSPS) is 23.0. The van der Waals surface area contributed by atoms with Gasteiger partial charge in [-0.2, -0.15) is 0 Å². The summed E-state index contributed by atoms with van der Waals surface area (Å²) >= 11 is 0. The SMILES string of the molecule is CC1(C)Cc2ccc(F)cc2/C(=C/C(=O)C2CCCCCC2)N1. The number of hydrogen-bond acceptors (Lipinski definition) is 2. The molecule has 1 aliphatic carbocycles. The van der Waals surface area contributed by atoms with Gasteiger partial charge in [-0.25, -0.2) is 4.39 Å². The van der Waals surface area contributed by atoms with Crippen LogP contribution in [0, 0.1) is 11.7 Å². The Kier molecular flexibility index (Phi) is 4.56. The molecule has 0 unspecified atom stereocenters. The summed E-state index contributed by atoms with van der Waals surface area (Å²) in [6, 6.07) is 4.89. The zero-order valence-corrected chi connectivity index (χ0v) is 14.1. The summed E-state index contributed by atoms with van der Waals surface area (Å²) in [5, 5.41) is 3.44. The summed E-state index contributed by atoms with van der Waals surface area (Å²) < 4.78 is 13.7. The predicted molar refractivity (Wildman–Crippen MR) is 91.5 cm³/mol. The van der Waals surface area contributed by atoms with Crippen molar-refractivity contribution in [3.8, 4) is 0 Å². The molecule has 0 saturated heterocycles. The van der Waals surface area contributed by atoms with Crippen molar-refractivity contribution < 1.29 is 9.18 Å². The van der Waals surface area contributed by atoms with Crippen LogP contribution in [0.3, 0.4) is 0 Å². The molecule has 23 heavy (non-hydrogen) atoms. The van der Waals surface area contributed by atoms with Crippen LogP contribution >= 0.6 is 0 Å². The highest BCUT2D eigenvalue weighted by atomic mass is 19.1. The molecule has 2 aliphatic rings. The first-order valence-electron chi connectivity index (χ1n) is 8.77. The second kappa shape index (κ2) is 6.46. The van der Waals surface area contributed by atoms with Crippen molar-refractivity contribution in [1.29, 1.82) is 0 Å². The average Bonchev–Trinajstić information content (AvgIpc) is 2.76. The fourth-order valence-corrected chi connectivity index (χ4v) is 3.84. The van der Waals surface area contributed by atoms with Crippen LogP contribution in [-0.4, -0.2) is 11.3 Å². The molecule has 124 valence electrons. The van der Waals surface area contributed by atoms with Gasteiger partial charge < -0.3 is 5.32 Å². The maximum atomic E-state index is 13.7. The highest BCUT2D eigenvalue weighted by molar-refractivity contribution is 5.98. The van der Waals surface area contributed by atoms with Crippen LogP contribution in [0.4, 0.5) is 4.39 Å². The molecule has 3 heteroatoms. The molecule has 0 bridgehead atoms. The van der Waals surface area contributed by atoms with Gasteiger partial charge in [-0.15, -0.1) is 0 Å². The smallest absolute Gasteiger partial charge is 0.160 e. The van der Waals surface area contributed by atoms with Crippen molar-refractivity contribution in [1.82, 2.24) is 5.32 Å². The Balaban J connectivity index is 1.91. The zero-order valence-electron chi connectivity index (χ0n) is 14.1. The topological polar surface area (TPSA) is 29.1 Å². The van der Waals surface area contributed by atoms with E-state index in [4.69, 9.17) is 0 Å². The lowest BCUT2D eigenvalue weighted by molar-refractivity contribution is -0.118. The Bertz CT molecular complexity index is 625. The number of carbonyl (C=O) groups is 1. The molecule has 3 rings (SSSR count). The summed E-state index contributed by atoms with van der Waals surface area (Å²) in [4.78, 5) is 12.7. The largest absolute Gasteiger partial charge is 0.379 e. The number of allylic oxidation sites excluding steroid dienone is 1. The molecule has 2 nitrogen and oxygen atoms in total. The lowest BCUT2D eigenvalue weighted by Gasteiger charge is -2.35. The average molecular weight is 315 g/mol. The predicted octanol–water partition coefficient (Wildman–Crippen LogP) is 4.63. The van der Waals surface area contributed by atoms with Crippen molar-refractivity contribution in [3.05, 3.63) is 41.2 Å². The van der Waals surface area contributed by atoms with Gasteiger partial charge in [0.05, 0.1) is 0 Å².